The third kappa shape index (κ3) is 5.24. The molecule has 0 aliphatic rings. The van der Waals surface area contributed by atoms with Crippen molar-refractivity contribution in [3.8, 4) is 0 Å². The van der Waals surface area contributed by atoms with Gasteiger partial charge in [-0.3, -0.25) is 0 Å². The Bertz CT molecular complexity index is 724. The van der Waals surface area contributed by atoms with Crippen molar-refractivity contribution in [1.29, 1.82) is 0 Å². The Kier molecular flexibility index (Phi) is 6.14. The largest absolute Gasteiger partial charge is 0.480 e. The lowest BCUT2D eigenvalue weighted by Gasteiger charge is -2.15. The van der Waals surface area contributed by atoms with Crippen LogP contribution < -0.4 is 5.32 Å². The van der Waals surface area contributed by atoms with E-state index in [2.05, 4.69) is 5.32 Å². The maximum atomic E-state index is 13.7. The highest BCUT2D eigenvalue weighted by Gasteiger charge is 2.22. The van der Waals surface area contributed by atoms with Crippen LogP contribution in [0.2, 0.25) is 5.02 Å². The van der Waals surface area contributed by atoms with E-state index in [-0.39, 0.29) is 23.6 Å². The number of nitrogens with one attached hydrogen (secondary N) is 1. The molecule has 5 nitrogen and oxygen atoms in total. The first-order valence-electron chi connectivity index (χ1n) is 7.09. The third-order valence-corrected chi connectivity index (χ3v) is 3.47. The van der Waals surface area contributed by atoms with E-state index >= 15 is 0 Å². The van der Waals surface area contributed by atoms with Gasteiger partial charge in [-0.2, -0.15) is 0 Å². The molecule has 0 bridgehead atoms. The minimum Gasteiger partial charge on any atom is -0.480 e. The summed E-state index contributed by atoms with van der Waals surface area (Å²) in [6.07, 6.45) is -1.14. The fraction of sp³-hybridized carbons (Fsp3) is 0.176. The van der Waals surface area contributed by atoms with Gasteiger partial charge in [0, 0.05) is 11.4 Å². The van der Waals surface area contributed by atoms with E-state index in [0.717, 1.165) is 11.6 Å². The SMILES string of the molecule is O=C(NC(Cc1cc(Cl)ccc1F)C(=O)O)OCc1ccccc1. The molecule has 1 atom stereocenters. The lowest BCUT2D eigenvalue weighted by Crippen LogP contribution is -2.42. The molecule has 1 unspecified atom stereocenters. The van der Waals surface area contributed by atoms with E-state index in [1.165, 1.54) is 12.1 Å². The first-order valence-corrected chi connectivity index (χ1v) is 7.47. The summed E-state index contributed by atoms with van der Waals surface area (Å²) in [5.74, 6) is -1.89. The molecule has 1 amide bonds. The standard InChI is InChI=1S/C17H15ClFNO4/c18-13-6-7-14(19)12(8-13)9-15(16(21)22)20-17(23)24-10-11-4-2-1-3-5-11/h1-8,15H,9-10H2,(H,20,23)(H,21,22). The smallest absolute Gasteiger partial charge is 0.408 e. The first kappa shape index (κ1) is 17.7. The highest BCUT2D eigenvalue weighted by molar-refractivity contribution is 6.30. The molecule has 7 heteroatoms. The number of halogens is 2. The van der Waals surface area contributed by atoms with Gasteiger partial charge in [0.1, 0.15) is 18.5 Å². The van der Waals surface area contributed by atoms with Gasteiger partial charge in [-0.1, -0.05) is 41.9 Å². The van der Waals surface area contributed by atoms with Crippen LogP contribution in [0, 0.1) is 5.82 Å². The summed E-state index contributed by atoms with van der Waals surface area (Å²) in [5, 5.41) is 11.7. The van der Waals surface area contributed by atoms with Crippen LogP contribution in [0.1, 0.15) is 11.1 Å². The molecular weight excluding hydrogens is 337 g/mol. The summed E-state index contributed by atoms with van der Waals surface area (Å²) >= 11 is 5.78. The van der Waals surface area contributed by atoms with E-state index in [1.807, 2.05) is 6.07 Å². The van der Waals surface area contributed by atoms with Gasteiger partial charge in [0.15, 0.2) is 0 Å². The number of carboxylic acid groups (broad SMARTS) is 1. The second kappa shape index (κ2) is 8.31. The second-order valence-corrected chi connectivity index (χ2v) is 5.47. The normalized spacial score (nSPS) is 11.6. The molecule has 0 fully saturated rings. The molecular formula is C17H15ClFNO4. The van der Waals surface area contributed by atoms with E-state index in [0.29, 0.717) is 0 Å². The predicted octanol–water partition coefficient (Wildman–Crippen LogP) is 3.40. The van der Waals surface area contributed by atoms with Gasteiger partial charge in [-0.25, -0.2) is 14.0 Å². The molecule has 0 aliphatic heterocycles. The number of carbonyl (C=O) groups excluding carboxylic acids is 1. The second-order valence-electron chi connectivity index (χ2n) is 5.04. The van der Waals surface area contributed by atoms with Gasteiger partial charge in [-0.15, -0.1) is 0 Å². The lowest BCUT2D eigenvalue weighted by molar-refractivity contribution is -0.139. The molecule has 2 aromatic carbocycles. The molecule has 0 aliphatic carbocycles. The summed E-state index contributed by atoms with van der Waals surface area (Å²) in [6, 6.07) is 11.4. The summed E-state index contributed by atoms with van der Waals surface area (Å²) in [7, 11) is 0. The molecule has 24 heavy (non-hydrogen) atoms. The van der Waals surface area contributed by atoms with Crippen molar-refractivity contribution >= 4 is 23.7 Å². The van der Waals surface area contributed by atoms with E-state index in [9.17, 15) is 19.1 Å². The Morgan fingerprint density at radius 2 is 1.92 bits per heavy atom. The van der Waals surface area contributed by atoms with Crippen molar-refractivity contribution < 1.29 is 23.8 Å². The third-order valence-electron chi connectivity index (χ3n) is 3.23. The zero-order valence-electron chi connectivity index (χ0n) is 12.5. The number of carboxylic acids is 1. The molecule has 126 valence electrons. The topological polar surface area (TPSA) is 75.6 Å². The Balaban J connectivity index is 1.96. The van der Waals surface area contributed by atoms with E-state index in [4.69, 9.17) is 16.3 Å². The Morgan fingerprint density at radius 1 is 1.21 bits per heavy atom. The molecule has 0 spiro atoms. The van der Waals surface area contributed by atoms with Crippen LogP contribution in [0.15, 0.2) is 48.5 Å². The van der Waals surface area contributed by atoms with Crippen molar-refractivity contribution in [2.75, 3.05) is 0 Å². The molecule has 0 aromatic heterocycles. The number of rotatable bonds is 6. The van der Waals surface area contributed by atoms with Gasteiger partial charge in [0.2, 0.25) is 0 Å². The van der Waals surface area contributed by atoms with Crippen LogP contribution in [0.25, 0.3) is 0 Å². The number of benzene rings is 2. The summed E-state index contributed by atoms with van der Waals surface area (Å²) in [6.45, 7) is 0.00450. The maximum absolute atomic E-state index is 13.7. The van der Waals surface area contributed by atoms with Crippen LogP contribution in [0.4, 0.5) is 9.18 Å². The Hall–Kier alpha value is -2.60. The number of hydrogen-bond donors (Lipinski definition) is 2. The summed E-state index contributed by atoms with van der Waals surface area (Å²) in [5.41, 5.74) is 0.860. The first-order chi connectivity index (χ1) is 11.5. The van der Waals surface area contributed by atoms with Gasteiger partial charge >= 0.3 is 12.1 Å². The summed E-state index contributed by atoms with van der Waals surface area (Å²) in [4.78, 5) is 23.0. The van der Waals surface area contributed by atoms with Crippen LogP contribution in [-0.2, 0) is 22.6 Å². The highest BCUT2D eigenvalue weighted by atomic mass is 35.5. The number of ether oxygens (including phenoxy) is 1. The average Bonchev–Trinajstić information content (AvgIpc) is 2.56. The number of alkyl carbamates (subject to hydrolysis) is 1. The van der Waals surface area contributed by atoms with Crippen molar-refractivity contribution in [3.05, 3.63) is 70.5 Å². The highest BCUT2D eigenvalue weighted by Crippen LogP contribution is 2.16. The molecule has 2 rings (SSSR count). The summed E-state index contributed by atoms with van der Waals surface area (Å²) < 4.78 is 18.7. The van der Waals surface area contributed by atoms with Crippen molar-refractivity contribution in [2.45, 2.75) is 19.1 Å². The minimum atomic E-state index is -1.33. The van der Waals surface area contributed by atoms with Crippen LogP contribution in [0.5, 0.6) is 0 Å². The van der Waals surface area contributed by atoms with Crippen molar-refractivity contribution in [3.63, 3.8) is 0 Å². The molecule has 2 aromatic rings. The van der Waals surface area contributed by atoms with Gasteiger partial charge in [-0.05, 0) is 29.3 Å². The van der Waals surface area contributed by atoms with Crippen molar-refractivity contribution in [2.24, 2.45) is 0 Å². The van der Waals surface area contributed by atoms with Crippen LogP contribution >= 0.6 is 11.6 Å². The molecule has 2 N–H and O–H groups in total. The molecule has 0 saturated heterocycles. The monoisotopic (exact) mass is 351 g/mol. The number of hydrogen-bond acceptors (Lipinski definition) is 3. The van der Waals surface area contributed by atoms with Gasteiger partial charge in [0.25, 0.3) is 0 Å². The number of amides is 1. The molecule has 0 saturated carbocycles. The number of carbonyl (C=O) groups is 2. The zero-order valence-corrected chi connectivity index (χ0v) is 13.3. The van der Waals surface area contributed by atoms with Crippen LogP contribution in [-0.4, -0.2) is 23.2 Å². The minimum absolute atomic E-state index is 0.00450. The zero-order chi connectivity index (χ0) is 17.5. The number of aliphatic carboxylic acids is 1. The molecule has 0 heterocycles. The fourth-order valence-corrected chi connectivity index (χ4v) is 2.22. The maximum Gasteiger partial charge on any atom is 0.408 e. The Labute approximate surface area is 143 Å². The fourth-order valence-electron chi connectivity index (χ4n) is 2.03. The van der Waals surface area contributed by atoms with Crippen molar-refractivity contribution in [1.82, 2.24) is 5.32 Å². The van der Waals surface area contributed by atoms with Gasteiger partial charge < -0.3 is 15.2 Å². The van der Waals surface area contributed by atoms with E-state index < -0.39 is 23.9 Å². The quantitative estimate of drug-likeness (QED) is 0.836. The lowest BCUT2D eigenvalue weighted by atomic mass is 10.1. The van der Waals surface area contributed by atoms with Gasteiger partial charge in [0.05, 0.1) is 0 Å². The molecule has 0 radical (unpaired) electrons. The average molecular weight is 352 g/mol. The van der Waals surface area contributed by atoms with E-state index in [1.54, 1.807) is 24.3 Å². The van der Waals surface area contributed by atoms with Crippen LogP contribution in [0.3, 0.4) is 0 Å². The predicted molar refractivity (Wildman–Crippen MR) is 86.3 cm³/mol. The Morgan fingerprint density at radius 3 is 2.58 bits per heavy atom.